The van der Waals surface area contributed by atoms with Crippen LogP contribution in [0.2, 0.25) is 0 Å². The van der Waals surface area contributed by atoms with Crippen LogP contribution in [-0.2, 0) is 42.4 Å². The minimum atomic E-state index is -4.07. The Bertz CT molecular complexity index is 1550. The van der Waals surface area contributed by atoms with E-state index in [1.807, 2.05) is 18.2 Å². The molecule has 1 atom stereocenters. The van der Waals surface area contributed by atoms with E-state index in [4.69, 9.17) is 13.9 Å². The number of sulfonamides is 2. The highest BCUT2D eigenvalue weighted by atomic mass is 32.3. The molecule has 0 saturated carbocycles. The average Bonchev–Trinajstić information content (AvgIpc) is 3.40. The van der Waals surface area contributed by atoms with E-state index < -0.39 is 20.0 Å². The lowest BCUT2D eigenvalue weighted by atomic mass is 9.98. The van der Waals surface area contributed by atoms with Crippen molar-refractivity contribution in [3.8, 4) is 17.2 Å². The molecule has 3 aromatic rings. The molecule has 39 heavy (non-hydrogen) atoms. The molecule has 0 fully saturated rings. The van der Waals surface area contributed by atoms with Gasteiger partial charge in [-0.05, 0) is 74.1 Å². The smallest absolute Gasteiger partial charge is 0.306 e. The van der Waals surface area contributed by atoms with Crippen LogP contribution in [0.15, 0.2) is 46.9 Å². The minimum Gasteiger partial charge on any atom is -0.493 e. The van der Waals surface area contributed by atoms with Crippen molar-refractivity contribution >= 4 is 31.7 Å². The maximum Gasteiger partial charge on any atom is 0.306 e. The van der Waals surface area contributed by atoms with E-state index in [0.29, 0.717) is 46.8 Å². The van der Waals surface area contributed by atoms with Gasteiger partial charge in [0, 0.05) is 12.0 Å². The third kappa shape index (κ3) is 6.80. The number of aromatic nitrogens is 1. The molecular weight excluding hydrogens is 544 g/mol. The van der Waals surface area contributed by atoms with Crippen molar-refractivity contribution in [2.45, 2.75) is 45.4 Å². The minimum absolute atomic E-state index is 0.0284. The van der Waals surface area contributed by atoms with Crippen LogP contribution >= 0.6 is 0 Å². The summed E-state index contributed by atoms with van der Waals surface area (Å²) in [6.07, 6.45) is 4.31. The van der Waals surface area contributed by atoms with Crippen LogP contribution in [0.1, 0.15) is 48.3 Å². The van der Waals surface area contributed by atoms with E-state index >= 15 is 0 Å². The van der Waals surface area contributed by atoms with Gasteiger partial charge in [0.2, 0.25) is 25.9 Å². The van der Waals surface area contributed by atoms with E-state index in [-0.39, 0.29) is 23.5 Å². The standard InChI is InChI=1S/C27H32N2O8S2/c1-5-35-26(30)17-20-10-9-19-16-23(11-12-24(19)20)36-14-13-25-18(2)37-27(28-25)21-7-6-8-22(15-21)29(38(3,31)32)39(4,33)34/h6-8,11-12,15-16,20H,5,9-10,13-14,17H2,1-4H3/t20-/m0/s1. The monoisotopic (exact) mass is 576 g/mol. The first-order chi connectivity index (χ1) is 18.4. The Morgan fingerprint density at radius 2 is 1.85 bits per heavy atom. The van der Waals surface area contributed by atoms with E-state index in [1.165, 1.54) is 23.3 Å². The van der Waals surface area contributed by atoms with Gasteiger partial charge in [-0.15, -0.1) is 0 Å². The summed E-state index contributed by atoms with van der Waals surface area (Å²) in [5, 5.41) is 0. The lowest BCUT2D eigenvalue weighted by Crippen LogP contribution is -2.35. The Kier molecular flexibility index (Phi) is 8.36. The van der Waals surface area contributed by atoms with Crippen molar-refractivity contribution < 1.29 is 35.5 Å². The molecule has 0 radical (unpaired) electrons. The quantitative estimate of drug-likeness (QED) is 0.311. The Morgan fingerprint density at radius 3 is 2.54 bits per heavy atom. The largest absolute Gasteiger partial charge is 0.493 e. The Labute approximate surface area is 229 Å². The van der Waals surface area contributed by atoms with Gasteiger partial charge in [-0.25, -0.2) is 21.8 Å². The third-order valence-corrected chi connectivity index (χ3v) is 9.69. The molecule has 0 unspecified atom stereocenters. The number of hydrogen-bond donors (Lipinski definition) is 0. The van der Waals surface area contributed by atoms with Gasteiger partial charge in [0.15, 0.2) is 0 Å². The number of nitrogens with zero attached hydrogens (tertiary/aromatic N) is 2. The van der Waals surface area contributed by atoms with Gasteiger partial charge in [0.1, 0.15) is 11.5 Å². The lowest BCUT2D eigenvalue weighted by Gasteiger charge is -2.19. The van der Waals surface area contributed by atoms with Crippen LogP contribution in [0.5, 0.6) is 5.75 Å². The Balaban J connectivity index is 1.43. The summed E-state index contributed by atoms with van der Waals surface area (Å²) in [6, 6.07) is 12.0. The highest BCUT2D eigenvalue weighted by Gasteiger charge is 2.28. The van der Waals surface area contributed by atoms with Crippen LogP contribution in [0, 0.1) is 6.92 Å². The molecule has 210 valence electrons. The van der Waals surface area contributed by atoms with Crippen molar-refractivity contribution in [3.05, 3.63) is 65.0 Å². The zero-order chi connectivity index (χ0) is 28.4. The first-order valence-corrected chi connectivity index (χ1v) is 16.2. The zero-order valence-corrected chi connectivity index (χ0v) is 24.0. The average molecular weight is 577 g/mol. The lowest BCUT2D eigenvalue weighted by molar-refractivity contribution is -0.143. The molecule has 2 aromatic carbocycles. The summed E-state index contributed by atoms with van der Waals surface area (Å²) >= 11 is 0. The van der Waals surface area contributed by atoms with Gasteiger partial charge >= 0.3 is 5.97 Å². The molecule has 0 spiro atoms. The zero-order valence-electron chi connectivity index (χ0n) is 22.3. The fourth-order valence-corrected chi connectivity index (χ4v) is 7.80. The Morgan fingerprint density at radius 1 is 1.10 bits per heavy atom. The van der Waals surface area contributed by atoms with Crippen molar-refractivity contribution in [3.63, 3.8) is 0 Å². The third-order valence-electron chi connectivity index (χ3n) is 6.44. The van der Waals surface area contributed by atoms with Crippen LogP contribution in [0.25, 0.3) is 11.5 Å². The molecule has 4 rings (SSSR count). The second-order valence-corrected chi connectivity index (χ2v) is 13.4. The van der Waals surface area contributed by atoms with E-state index in [2.05, 4.69) is 4.98 Å². The summed E-state index contributed by atoms with van der Waals surface area (Å²) in [4.78, 5) is 16.4. The van der Waals surface area contributed by atoms with Crippen LogP contribution in [0.3, 0.4) is 0 Å². The predicted molar refractivity (Wildman–Crippen MR) is 147 cm³/mol. The molecule has 0 bridgehead atoms. The topological polar surface area (TPSA) is 133 Å². The molecule has 1 aliphatic carbocycles. The van der Waals surface area contributed by atoms with Gasteiger partial charge in [0.25, 0.3) is 0 Å². The maximum atomic E-state index is 12.1. The molecule has 0 amide bonds. The summed E-state index contributed by atoms with van der Waals surface area (Å²) < 4.78 is 65.8. The van der Waals surface area contributed by atoms with Gasteiger partial charge in [-0.1, -0.05) is 12.1 Å². The molecule has 0 aliphatic heterocycles. The number of rotatable bonds is 11. The molecule has 10 nitrogen and oxygen atoms in total. The number of benzene rings is 2. The van der Waals surface area contributed by atoms with Crippen molar-refractivity contribution in [1.29, 1.82) is 0 Å². The fourth-order valence-electron chi connectivity index (χ4n) is 4.84. The number of fused-ring (bicyclic) bond motifs is 1. The molecule has 1 heterocycles. The fraction of sp³-hybridized carbons (Fsp3) is 0.407. The normalized spacial score (nSPS) is 15.1. The van der Waals surface area contributed by atoms with Gasteiger partial charge in [0.05, 0.1) is 43.5 Å². The van der Waals surface area contributed by atoms with Crippen LogP contribution in [0.4, 0.5) is 5.69 Å². The number of hydrogen-bond acceptors (Lipinski definition) is 9. The summed E-state index contributed by atoms with van der Waals surface area (Å²) in [6.45, 7) is 4.32. The number of carbonyl (C=O) groups is 1. The van der Waals surface area contributed by atoms with Gasteiger partial charge < -0.3 is 13.9 Å². The van der Waals surface area contributed by atoms with Gasteiger partial charge in [-0.2, -0.15) is 3.71 Å². The molecule has 0 saturated heterocycles. The first-order valence-electron chi connectivity index (χ1n) is 12.5. The number of carbonyl (C=O) groups excluding carboxylic acids is 1. The summed E-state index contributed by atoms with van der Waals surface area (Å²) in [7, 11) is -8.15. The van der Waals surface area contributed by atoms with Crippen LogP contribution < -0.4 is 8.45 Å². The number of ether oxygens (including phenoxy) is 2. The number of anilines is 1. The summed E-state index contributed by atoms with van der Waals surface area (Å²) in [5.74, 6) is 1.56. The summed E-state index contributed by atoms with van der Waals surface area (Å²) in [5.41, 5.74) is 3.43. The highest BCUT2D eigenvalue weighted by molar-refractivity contribution is 8.09. The van der Waals surface area contributed by atoms with E-state index in [9.17, 15) is 21.6 Å². The van der Waals surface area contributed by atoms with Crippen LogP contribution in [-0.4, -0.2) is 53.5 Å². The van der Waals surface area contributed by atoms with Crippen molar-refractivity contribution in [2.24, 2.45) is 0 Å². The molecule has 0 N–H and O–H groups in total. The number of aryl methyl sites for hydroxylation is 2. The maximum absolute atomic E-state index is 12.1. The number of oxazole rings is 1. The number of esters is 1. The second kappa shape index (κ2) is 11.4. The second-order valence-electron chi connectivity index (χ2n) is 9.50. The molecule has 1 aliphatic rings. The molecule has 12 heteroatoms. The van der Waals surface area contributed by atoms with Crippen molar-refractivity contribution in [2.75, 3.05) is 29.4 Å². The van der Waals surface area contributed by atoms with Crippen molar-refractivity contribution in [1.82, 2.24) is 4.98 Å². The SMILES string of the molecule is CCOC(=O)C[C@@H]1CCc2cc(OCCc3nc(-c4cccc(N(S(C)(=O)=O)S(C)(=O)=O)c4)oc3C)ccc21. The van der Waals surface area contributed by atoms with E-state index in [1.54, 1.807) is 26.0 Å². The molecule has 1 aromatic heterocycles. The molecular formula is C27H32N2O8S2. The Hall–Kier alpha value is -3.38. The predicted octanol–water partition coefficient (Wildman–Crippen LogP) is 3.98. The first kappa shape index (κ1) is 28.6. The highest BCUT2D eigenvalue weighted by Crippen LogP contribution is 2.37. The van der Waals surface area contributed by atoms with E-state index in [0.717, 1.165) is 31.1 Å². The van der Waals surface area contributed by atoms with Gasteiger partial charge in [-0.3, -0.25) is 4.79 Å².